The number of unbranched alkanes of at least 4 members (excludes halogenated alkanes) is 1. The van der Waals surface area contributed by atoms with E-state index >= 15 is 0 Å². The molecule has 0 spiro atoms. The molecule has 0 heterocycles. The molecule has 1 rings (SSSR count). The second-order valence-electron chi connectivity index (χ2n) is 3.10. The number of aryl methyl sites for hydroxylation is 1. The minimum atomic E-state index is 0.397. The number of nitrogens with one attached hydrogen (secondary N) is 1. The smallest absolute Gasteiger partial charge is 0.0351 e. The fourth-order valence-electron chi connectivity index (χ4n) is 1.20. The maximum absolute atomic E-state index is 7.15. The number of rotatable bonds is 4. The molecule has 0 aliphatic carbocycles. The molecule has 1 heteroatoms. The van der Waals surface area contributed by atoms with Crippen molar-refractivity contribution >= 4 is 0 Å². The molecule has 0 unspecified atom stereocenters. The predicted octanol–water partition coefficient (Wildman–Crippen LogP) is 2.81. The summed E-state index contributed by atoms with van der Waals surface area (Å²) >= 11 is 0. The van der Waals surface area contributed by atoms with Gasteiger partial charge in [0.15, 0.2) is 0 Å². The topological polar surface area (TPSA) is 23.8 Å². The summed E-state index contributed by atoms with van der Waals surface area (Å²) in [6, 6.07) is 8.38. The molecular weight excluding hydrogens is 146 g/mol. The first-order chi connectivity index (χ1) is 5.86. The van der Waals surface area contributed by atoms with Gasteiger partial charge >= 0.3 is 0 Å². The van der Waals surface area contributed by atoms with Crippen molar-refractivity contribution in [3.05, 3.63) is 35.4 Å². The fraction of sp³-hybridized carbons (Fsp3) is 0.455. The van der Waals surface area contributed by atoms with Crippen molar-refractivity contribution in [3.8, 4) is 0 Å². The zero-order chi connectivity index (χ0) is 8.81. The molecule has 0 bridgehead atoms. The minimum absolute atomic E-state index is 0.397. The van der Waals surface area contributed by atoms with Gasteiger partial charge in [0.25, 0.3) is 0 Å². The van der Waals surface area contributed by atoms with Crippen LogP contribution < -0.4 is 5.73 Å². The van der Waals surface area contributed by atoms with Crippen molar-refractivity contribution in [1.82, 2.24) is 5.73 Å². The van der Waals surface area contributed by atoms with E-state index in [4.69, 9.17) is 5.73 Å². The Balaban J connectivity index is 2.53. The lowest BCUT2D eigenvalue weighted by atomic mass is 10.1. The van der Waals surface area contributed by atoms with Gasteiger partial charge in [-0.05, 0) is 24.0 Å². The molecule has 1 aromatic rings. The second-order valence-corrected chi connectivity index (χ2v) is 3.10. The Labute approximate surface area is 74.6 Å². The van der Waals surface area contributed by atoms with Crippen LogP contribution in [-0.4, -0.2) is 0 Å². The standard InChI is InChI=1S/C11H16N/c1-2-3-4-10-5-7-11(9-12)8-6-10/h5-8,12H,2-4,9H2,1H3. The Bertz CT molecular complexity index is 213. The van der Waals surface area contributed by atoms with Crippen molar-refractivity contribution in [3.63, 3.8) is 0 Å². The van der Waals surface area contributed by atoms with Crippen molar-refractivity contribution in [1.29, 1.82) is 0 Å². The van der Waals surface area contributed by atoms with Crippen LogP contribution in [0.1, 0.15) is 30.9 Å². The molecule has 0 aliphatic rings. The monoisotopic (exact) mass is 162 g/mol. The van der Waals surface area contributed by atoms with Crippen LogP contribution in [0.3, 0.4) is 0 Å². The molecular formula is C11H16N. The maximum Gasteiger partial charge on any atom is 0.0351 e. The molecule has 12 heavy (non-hydrogen) atoms. The van der Waals surface area contributed by atoms with E-state index in [1.54, 1.807) is 0 Å². The highest BCUT2D eigenvalue weighted by molar-refractivity contribution is 5.22. The van der Waals surface area contributed by atoms with E-state index in [9.17, 15) is 0 Å². The van der Waals surface area contributed by atoms with E-state index in [0.29, 0.717) is 6.54 Å². The van der Waals surface area contributed by atoms with Crippen LogP contribution in [0.5, 0.6) is 0 Å². The van der Waals surface area contributed by atoms with Gasteiger partial charge in [-0.25, -0.2) is 0 Å². The Kier molecular flexibility index (Phi) is 3.81. The van der Waals surface area contributed by atoms with Gasteiger partial charge in [-0.3, -0.25) is 5.73 Å². The van der Waals surface area contributed by atoms with Crippen LogP contribution in [0.15, 0.2) is 24.3 Å². The first-order valence-corrected chi connectivity index (χ1v) is 4.59. The lowest BCUT2D eigenvalue weighted by molar-refractivity contribution is 0.794. The molecule has 0 fully saturated rings. The number of hydrogen-bond acceptors (Lipinski definition) is 0. The summed E-state index contributed by atoms with van der Waals surface area (Å²) in [6.07, 6.45) is 3.69. The van der Waals surface area contributed by atoms with Gasteiger partial charge in [-0.2, -0.15) is 0 Å². The summed E-state index contributed by atoms with van der Waals surface area (Å²) in [5, 5.41) is 0. The molecule has 1 radical (unpaired) electrons. The van der Waals surface area contributed by atoms with E-state index in [-0.39, 0.29) is 0 Å². The van der Waals surface area contributed by atoms with Crippen LogP contribution in [0.25, 0.3) is 0 Å². The summed E-state index contributed by atoms with van der Waals surface area (Å²) in [7, 11) is 0. The van der Waals surface area contributed by atoms with Crippen LogP contribution in [0, 0.1) is 0 Å². The van der Waals surface area contributed by atoms with E-state index in [1.807, 2.05) is 0 Å². The molecule has 0 amide bonds. The highest BCUT2D eigenvalue weighted by atomic mass is 14.5. The van der Waals surface area contributed by atoms with Crippen molar-refractivity contribution in [2.24, 2.45) is 0 Å². The summed E-state index contributed by atoms with van der Waals surface area (Å²) in [5.74, 6) is 0. The van der Waals surface area contributed by atoms with Crippen LogP contribution >= 0.6 is 0 Å². The molecule has 65 valence electrons. The number of benzene rings is 1. The molecule has 0 saturated carbocycles. The first kappa shape index (κ1) is 9.27. The normalized spacial score (nSPS) is 10.2. The summed E-state index contributed by atoms with van der Waals surface area (Å²) in [5.41, 5.74) is 9.66. The second kappa shape index (κ2) is 4.94. The van der Waals surface area contributed by atoms with Gasteiger partial charge in [0.1, 0.15) is 0 Å². The van der Waals surface area contributed by atoms with Gasteiger partial charge in [0, 0.05) is 6.54 Å². The molecule has 0 saturated heterocycles. The Hall–Kier alpha value is -0.820. The van der Waals surface area contributed by atoms with Crippen LogP contribution in [0.2, 0.25) is 0 Å². The third-order valence-electron chi connectivity index (χ3n) is 2.05. The van der Waals surface area contributed by atoms with E-state index in [1.165, 1.54) is 24.8 Å². The number of hydrogen-bond donors (Lipinski definition) is 0. The first-order valence-electron chi connectivity index (χ1n) is 4.59. The van der Waals surface area contributed by atoms with Gasteiger partial charge in [-0.1, -0.05) is 37.6 Å². The van der Waals surface area contributed by atoms with Crippen molar-refractivity contribution in [2.45, 2.75) is 32.7 Å². The molecule has 0 aromatic heterocycles. The minimum Gasteiger partial charge on any atom is -0.253 e. The van der Waals surface area contributed by atoms with E-state index in [2.05, 4.69) is 31.2 Å². The average molecular weight is 162 g/mol. The lowest BCUT2D eigenvalue weighted by Gasteiger charge is -2.00. The van der Waals surface area contributed by atoms with Gasteiger partial charge in [0.05, 0.1) is 0 Å². The largest absolute Gasteiger partial charge is 0.253 e. The summed E-state index contributed by atoms with van der Waals surface area (Å²) in [6.45, 7) is 2.60. The third-order valence-corrected chi connectivity index (χ3v) is 2.05. The maximum atomic E-state index is 7.15. The predicted molar refractivity (Wildman–Crippen MR) is 51.9 cm³/mol. The van der Waals surface area contributed by atoms with Gasteiger partial charge in [0.2, 0.25) is 0 Å². The van der Waals surface area contributed by atoms with Gasteiger partial charge in [-0.15, -0.1) is 0 Å². The molecule has 0 aliphatic heterocycles. The fourth-order valence-corrected chi connectivity index (χ4v) is 1.20. The summed E-state index contributed by atoms with van der Waals surface area (Å²) < 4.78 is 0. The molecule has 1 aromatic carbocycles. The molecule has 1 nitrogen and oxygen atoms in total. The zero-order valence-corrected chi connectivity index (χ0v) is 7.64. The van der Waals surface area contributed by atoms with Crippen LogP contribution in [-0.2, 0) is 13.0 Å². The summed E-state index contributed by atoms with van der Waals surface area (Å²) in [4.78, 5) is 0. The van der Waals surface area contributed by atoms with Gasteiger partial charge < -0.3 is 0 Å². The lowest BCUT2D eigenvalue weighted by Crippen LogP contribution is -1.87. The highest BCUT2D eigenvalue weighted by Gasteiger charge is 1.92. The SMILES string of the molecule is CCCCc1ccc(C[NH])cc1. The van der Waals surface area contributed by atoms with Crippen molar-refractivity contribution in [2.75, 3.05) is 0 Å². The highest BCUT2D eigenvalue weighted by Crippen LogP contribution is 2.07. The third kappa shape index (κ3) is 2.67. The van der Waals surface area contributed by atoms with E-state index < -0.39 is 0 Å². The Morgan fingerprint density at radius 3 is 2.17 bits per heavy atom. The van der Waals surface area contributed by atoms with E-state index in [0.717, 1.165) is 5.56 Å². The van der Waals surface area contributed by atoms with Crippen molar-refractivity contribution < 1.29 is 0 Å². The Morgan fingerprint density at radius 2 is 1.67 bits per heavy atom. The molecule has 0 atom stereocenters. The quantitative estimate of drug-likeness (QED) is 0.650. The average Bonchev–Trinajstić information content (AvgIpc) is 2.15. The molecule has 1 N–H and O–H groups in total. The zero-order valence-electron chi connectivity index (χ0n) is 7.64. The van der Waals surface area contributed by atoms with Crippen LogP contribution in [0.4, 0.5) is 0 Å². The Morgan fingerprint density at radius 1 is 1.08 bits per heavy atom.